The van der Waals surface area contributed by atoms with Gasteiger partial charge >= 0.3 is 0 Å². The summed E-state index contributed by atoms with van der Waals surface area (Å²) in [7, 11) is -2.37. The first-order valence-corrected chi connectivity index (χ1v) is 12.2. The number of ether oxygens (including phenoxy) is 3. The molecule has 1 fully saturated rings. The van der Waals surface area contributed by atoms with E-state index < -0.39 is 10.0 Å². The lowest BCUT2D eigenvalue weighted by atomic mass is 10.2. The summed E-state index contributed by atoms with van der Waals surface area (Å²) < 4.78 is 47.0. The molecule has 2 heterocycles. The van der Waals surface area contributed by atoms with Gasteiger partial charge in [-0.25, -0.2) is 8.42 Å². The predicted molar refractivity (Wildman–Crippen MR) is 120 cm³/mol. The Morgan fingerprint density at radius 2 is 2.03 bits per heavy atom. The number of methoxy groups -OCH3 is 1. The maximum absolute atomic E-state index is 13.7. The minimum atomic E-state index is -3.84. The standard InChI is InChI=1S/C22H27N5O5S/c1-3-31-18-8-6-17(7-9-18)14-26(15-19-5-4-12-32-19)33(28,29)20-10-11-21(22(13-20)30-2)27-16-23-24-25-27/h6-11,13,16,19H,3-5,12,14-15H2,1-2H3. The minimum Gasteiger partial charge on any atom is -0.494 e. The first kappa shape index (κ1) is 23.1. The second kappa shape index (κ2) is 10.3. The summed E-state index contributed by atoms with van der Waals surface area (Å²) in [6.45, 7) is 3.62. The summed E-state index contributed by atoms with van der Waals surface area (Å²) in [6, 6.07) is 12.1. The largest absolute Gasteiger partial charge is 0.494 e. The van der Waals surface area contributed by atoms with Gasteiger partial charge in [0, 0.05) is 25.8 Å². The third-order valence-corrected chi connectivity index (χ3v) is 7.22. The Morgan fingerprint density at radius 1 is 1.21 bits per heavy atom. The van der Waals surface area contributed by atoms with E-state index in [0.717, 1.165) is 24.2 Å². The van der Waals surface area contributed by atoms with Gasteiger partial charge in [-0.2, -0.15) is 8.99 Å². The molecule has 0 saturated carbocycles. The monoisotopic (exact) mass is 473 g/mol. The molecule has 2 aromatic carbocycles. The Morgan fingerprint density at radius 3 is 2.67 bits per heavy atom. The van der Waals surface area contributed by atoms with Gasteiger partial charge in [-0.3, -0.25) is 0 Å². The van der Waals surface area contributed by atoms with Crippen LogP contribution in [0.25, 0.3) is 5.69 Å². The van der Waals surface area contributed by atoms with E-state index in [-0.39, 0.29) is 24.1 Å². The summed E-state index contributed by atoms with van der Waals surface area (Å²) in [4.78, 5) is 0.125. The number of benzene rings is 2. The molecule has 0 amide bonds. The molecule has 11 heteroatoms. The molecule has 176 valence electrons. The highest BCUT2D eigenvalue weighted by atomic mass is 32.2. The number of hydrogen-bond donors (Lipinski definition) is 0. The highest BCUT2D eigenvalue weighted by Gasteiger charge is 2.30. The molecule has 1 aliphatic heterocycles. The normalized spacial score (nSPS) is 16.3. The van der Waals surface area contributed by atoms with Gasteiger partial charge in [-0.1, -0.05) is 12.1 Å². The molecule has 0 bridgehead atoms. The van der Waals surface area contributed by atoms with E-state index in [9.17, 15) is 8.42 Å². The summed E-state index contributed by atoms with van der Waals surface area (Å²) in [5, 5.41) is 11.1. The summed E-state index contributed by atoms with van der Waals surface area (Å²) in [5.74, 6) is 1.10. The quantitative estimate of drug-likeness (QED) is 0.442. The number of tetrazole rings is 1. The topological polar surface area (TPSA) is 109 Å². The van der Waals surface area contributed by atoms with Crippen molar-refractivity contribution in [1.29, 1.82) is 0 Å². The maximum atomic E-state index is 13.7. The van der Waals surface area contributed by atoms with Gasteiger partial charge in [0.1, 0.15) is 23.5 Å². The fraction of sp³-hybridized carbons (Fsp3) is 0.409. The average molecular weight is 474 g/mol. The summed E-state index contributed by atoms with van der Waals surface area (Å²) in [5.41, 5.74) is 1.40. The number of aromatic nitrogens is 4. The molecular weight excluding hydrogens is 446 g/mol. The molecule has 1 unspecified atom stereocenters. The third kappa shape index (κ3) is 5.32. The SMILES string of the molecule is CCOc1ccc(CN(CC2CCCO2)S(=O)(=O)c2ccc(-n3cnnn3)c(OC)c2)cc1. The zero-order valence-electron chi connectivity index (χ0n) is 18.6. The van der Waals surface area contributed by atoms with Crippen molar-refractivity contribution in [1.82, 2.24) is 24.5 Å². The lowest BCUT2D eigenvalue weighted by Crippen LogP contribution is -2.37. The van der Waals surface area contributed by atoms with Crippen LogP contribution in [0.5, 0.6) is 11.5 Å². The molecular formula is C22H27N5O5S. The lowest BCUT2D eigenvalue weighted by molar-refractivity contribution is 0.0926. The van der Waals surface area contributed by atoms with Crippen LogP contribution in [0, 0.1) is 0 Å². The minimum absolute atomic E-state index is 0.125. The zero-order valence-corrected chi connectivity index (χ0v) is 19.4. The first-order valence-electron chi connectivity index (χ1n) is 10.8. The third-order valence-electron chi connectivity index (χ3n) is 5.41. The van der Waals surface area contributed by atoms with Crippen LogP contribution in [-0.2, 0) is 21.3 Å². The zero-order chi connectivity index (χ0) is 23.3. The van der Waals surface area contributed by atoms with Gasteiger partial charge < -0.3 is 14.2 Å². The van der Waals surface area contributed by atoms with Crippen molar-refractivity contribution < 1.29 is 22.6 Å². The van der Waals surface area contributed by atoms with Crippen LogP contribution >= 0.6 is 0 Å². The van der Waals surface area contributed by atoms with Crippen LogP contribution in [-0.4, -0.2) is 65.9 Å². The van der Waals surface area contributed by atoms with Crippen LogP contribution in [0.15, 0.2) is 53.7 Å². The molecule has 1 aliphatic rings. The molecule has 1 atom stereocenters. The van der Waals surface area contributed by atoms with Crippen LogP contribution in [0.2, 0.25) is 0 Å². The summed E-state index contributed by atoms with van der Waals surface area (Å²) >= 11 is 0. The van der Waals surface area contributed by atoms with E-state index in [1.807, 2.05) is 31.2 Å². The molecule has 0 spiro atoms. The second-order valence-corrected chi connectivity index (χ2v) is 9.54. The highest BCUT2D eigenvalue weighted by molar-refractivity contribution is 7.89. The van der Waals surface area contributed by atoms with Gasteiger partial charge in [-0.05, 0) is 60.0 Å². The molecule has 3 aromatic rings. The smallest absolute Gasteiger partial charge is 0.243 e. The molecule has 0 N–H and O–H groups in total. The van der Waals surface area contributed by atoms with Crippen molar-refractivity contribution in [3.63, 3.8) is 0 Å². The molecule has 33 heavy (non-hydrogen) atoms. The van der Waals surface area contributed by atoms with Crippen molar-refractivity contribution in [2.75, 3.05) is 26.9 Å². The summed E-state index contributed by atoms with van der Waals surface area (Å²) in [6.07, 6.45) is 3.04. The number of sulfonamides is 1. The Bertz CT molecular complexity index is 1150. The van der Waals surface area contributed by atoms with Crippen LogP contribution in [0.1, 0.15) is 25.3 Å². The fourth-order valence-electron chi connectivity index (χ4n) is 3.75. The Balaban J connectivity index is 1.64. The fourth-order valence-corrected chi connectivity index (χ4v) is 5.23. The van der Waals surface area contributed by atoms with E-state index in [2.05, 4.69) is 15.5 Å². The maximum Gasteiger partial charge on any atom is 0.243 e. The Kier molecular flexibility index (Phi) is 7.21. The van der Waals surface area contributed by atoms with E-state index in [0.29, 0.717) is 24.7 Å². The van der Waals surface area contributed by atoms with E-state index in [1.54, 1.807) is 6.07 Å². The highest BCUT2D eigenvalue weighted by Crippen LogP contribution is 2.29. The molecule has 4 rings (SSSR count). The van der Waals surface area contributed by atoms with Crippen LogP contribution < -0.4 is 9.47 Å². The van der Waals surface area contributed by atoms with Crippen molar-refractivity contribution in [3.05, 3.63) is 54.4 Å². The van der Waals surface area contributed by atoms with E-state index in [4.69, 9.17) is 14.2 Å². The van der Waals surface area contributed by atoms with Gasteiger partial charge in [0.15, 0.2) is 0 Å². The number of hydrogen-bond acceptors (Lipinski definition) is 8. The van der Waals surface area contributed by atoms with Gasteiger partial charge in [0.05, 0.1) is 24.7 Å². The number of rotatable bonds is 10. The molecule has 1 aromatic heterocycles. The Labute approximate surface area is 193 Å². The van der Waals surface area contributed by atoms with E-state index in [1.165, 1.54) is 34.6 Å². The van der Waals surface area contributed by atoms with Crippen molar-refractivity contribution in [3.8, 4) is 17.2 Å². The van der Waals surface area contributed by atoms with Crippen LogP contribution in [0.4, 0.5) is 0 Å². The van der Waals surface area contributed by atoms with Crippen molar-refractivity contribution in [2.24, 2.45) is 0 Å². The van der Waals surface area contributed by atoms with Crippen molar-refractivity contribution in [2.45, 2.75) is 37.3 Å². The van der Waals surface area contributed by atoms with Gasteiger partial charge in [-0.15, -0.1) is 5.10 Å². The molecule has 0 radical (unpaired) electrons. The first-order chi connectivity index (χ1) is 16.0. The second-order valence-electron chi connectivity index (χ2n) is 7.60. The Hall–Kier alpha value is -3.02. The number of nitrogens with zero attached hydrogens (tertiary/aromatic N) is 5. The van der Waals surface area contributed by atoms with Crippen LogP contribution in [0.3, 0.4) is 0 Å². The molecule has 1 saturated heterocycles. The van der Waals surface area contributed by atoms with Gasteiger partial charge in [0.2, 0.25) is 10.0 Å². The average Bonchev–Trinajstić information content (AvgIpc) is 3.54. The lowest BCUT2D eigenvalue weighted by Gasteiger charge is -2.25. The predicted octanol–water partition coefficient (Wildman–Crippen LogP) is 2.44. The van der Waals surface area contributed by atoms with E-state index >= 15 is 0 Å². The molecule has 0 aliphatic carbocycles. The van der Waals surface area contributed by atoms with Gasteiger partial charge in [0.25, 0.3) is 0 Å². The van der Waals surface area contributed by atoms with Crippen molar-refractivity contribution >= 4 is 10.0 Å². The molecule has 10 nitrogen and oxygen atoms in total.